The molecule has 33 heavy (non-hydrogen) atoms. The van der Waals surface area contributed by atoms with E-state index in [1.807, 2.05) is 30.0 Å². The SMILES string of the molecule is CC(C)(O)COc1cc(-c2ccc(N3CCC(C)(NC(=O)O)C3)nc2)c2c(C#N)cnn2c1. The first-order chi connectivity index (χ1) is 15.6. The van der Waals surface area contributed by atoms with Crippen molar-refractivity contribution in [3.8, 4) is 22.9 Å². The largest absolute Gasteiger partial charge is 0.489 e. The Hall–Kier alpha value is -3.84. The minimum absolute atomic E-state index is 0.0968. The highest BCUT2D eigenvalue weighted by Crippen LogP contribution is 2.32. The Morgan fingerprint density at radius 1 is 1.39 bits per heavy atom. The first-order valence-corrected chi connectivity index (χ1v) is 10.6. The molecule has 0 bridgehead atoms. The molecule has 3 aromatic rings. The Kier molecular flexibility index (Phi) is 5.59. The number of pyridine rings is 2. The highest BCUT2D eigenvalue weighted by Gasteiger charge is 2.35. The molecule has 0 aromatic carbocycles. The van der Waals surface area contributed by atoms with Crippen molar-refractivity contribution in [2.24, 2.45) is 0 Å². The summed E-state index contributed by atoms with van der Waals surface area (Å²) in [6.45, 7) is 6.51. The van der Waals surface area contributed by atoms with E-state index in [9.17, 15) is 15.2 Å². The molecular formula is C23H26N6O4. The predicted octanol–water partition coefficient (Wildman–Crippen LogP) is 2.65. The molecule has 1 atom stereocenters. The third-order valence-corrected chi connectivity index (χ3v) is 5.56. The molecule has 0 spiro atoms. The van der Waals surface area contributed by atoms with Crippen molar-refractivity contribution in [1.82, 2.24) is 19.9 Å². The zero-order valence-corrected chi connectivity index (χ0v) is 18.7. The van der Waals surface area contributed by atoms with Crippen LogP contribution >= 0.6 is 0 Å². The third kappa shape index (κ3) is 4.83. The molecule has 0 aliphatic carbocycles. The highest BCUT2D eigenvalue weighted by molar-refractivity contribution is 5.85. The van der Waals surface area contributed by atoms with Gasteiger partial charge in [0.2, 0.25) is 0 Å². The number of nitrogens with one attached hydrogen (secondary N) is 1. The summed E-state index contributed by atoms with van der Waals surface area (Å²) in [4.78, 5) is 17.7. The van der Waals surface area contributed by atoms with E-state index < -0.39 is 17.2 Å². The number of carbonyl (C=O) groups is 1. The van der Waals surface area contributed by atoms with Crippen molar-refractivity contribution < 1.29 is 19.7 Å². The van der Waals surface area contributed by atoms with E-state index in [1.54, 1.807) is 30.8 Å². The Morgan fingerprint density at radius 3 is 2.82 bits per heavy atom. The van der Waals surface area contributed by atoms with Crippen LogP contribution in [0.3, 0.4) is 0 Å². The third-order valence-electron chi connectivity index (χ3n) is 5.56. The van der Waals surface area contributed by atoms with Gasteiger partial charge >= 0.3 is 6.09 Å². The number of nitrogens with zero attached hydrogens (tertiary/aromatic N) is 5. The number of amides is 1. The Morgan fingerprint density at radius 2 is 2.18 bits per heavy atom. The van der Waals surface area contributed by atoms with Crippen LogP contribution in [0.15, 0.2) is 36.8 Å². The number of ether oxygens (including phenoxy) is 1. The molecule has 4 heterocycles. The van der Waals surface area contributed by atoms with Gasteiger partial charge in [-0.25, -0.2) is 14.3 Å². The topological polar surface area (TPSA) is 136 Å². The lowest BCUT2D eigenvalue weighted by Gasteiger charge is -2.25. The minimum atomic E-state index is -1.03. The van der Waals surface area contributed by atoms with Crippen LogP contribution in [0.5, 0.6) is 5.75 Å². The number of aliphatic hydroxyl groups is 1. The summed E-state index contributed by atoms with van der Waals surface area (Å²) in [6.07, 6.45) is 4.55. The molecule has 1 unspecified atom stereocenters. The van der Waals surface area contributed by atoms with Crippen LogP contribution in [0.25, 0.3) is 16.6 Å². The second-order valence-electron chi connectivity index (χ2n) is 9.22. The minimum Gasteiger partial charge on any atom is -0.489 e. The Balaban J connectivity index is 1.65. The van der Waals surface area contributed by atoms with E-state index in [1.165, 1.54) is 6.20 Å². The highest BCUT2D eigenvalue weighted by atomic mass is 16.5. The molecule has 1 saturated heterocycles. The fourth-order valence-electron chi connectivity index (χ4n) is 3.99. The van der Waals surface area contributed by atoms with Gasteiger partial charge in [-0.05, 0) is 45.4 Å². The molecule has 1 aliphatic rings. The summed E-state index contributed by atoms with van der Waals surface area (Å²) in [5, 5.41) is 35.5. The summed E-state index contributed by atoms with van der Waals surface area (Å²) in [7, 11) is 0. The van der Waals surface area contributed by atoms with Crippen LogP contribution in [0, 0.1) is 11.3 Å². The zero-order chi connectivity index (χ0) is 23.8. The quantitative estimate of drug-likeness (QED) is 0.521. The average Bonchev–Trinajstić information content (AvgIpc) is 3.34. The van der Waals surface area contributed by atoms with Crippen LogP contribution in [0.4, 0.5) is 10.6 Å². The van der Waals surface area contributed by atoms with Crippen molar-refractivity contribution in [2.75, 3.05) is 24.6 Å². The van der Waals surface area contributed by atoms with Crippen LogP contribution in [0.2, 0.25) is 0 Å². The van der Waals surface area contributed by atoms with Crippen LogP contribution in [-0.2, 0) is 0 Å². The molecule has 1 amide bonds. The van der Waals surface area contributed by atoms with Gasteiger partial charge in [-0.1, -0.05) is 0 Å². The van der Waals surface area contributed by atoms with E-state index in [-0.39, 0.29) is 6.61 Å². The number of aromatic nitrogens is 3. The van der Waals surface area contributed by atoms with Gasteiger partial charge in [0.25, 0.3) is 0 Å². The van der Waals surface area contributed by atoms with E-state index in [2.05, 4.69) is 21.5 Å². The van der Waals surface area contributed by atoms with E-state index in [0.29, 0.717) is 36.3 Å². The molecule has 0 radical (unpaired) electrons. The number of carboxylic acid groups (broad SMARTS) is 1. The van der Waals surface area contributed by atoms with E-state index in [4.69, 9.17) is 9.84 Å². The summed E-state index contributed by atoms with van der Waals surface area (Å²) >= 11 is 0. The lowest BCUT2D eigenvalue weighted by molar-refractivity contribution is 0.0283. The Labute approximate surface area is 191 Å². The second-order valence-corrected chi connectivity index (χ2v) is 9.22. The molecule has 1 fully saturated rings. The number of hydrogen-bond donors (Lipinski definition) is 3. The van der Waals surface area contributed by atoms with Gasteiger partial charge in [0.05, 0.1) is 34.6 Å². The molecule has 3 N–H and O–H groups in total. The summed E-state index contributed by atoms with van der Waals surface area (Å²) in [5.74, 6) is 1.25. The van der Waals surface area contributed by atoms with Gasteiger partial charge in [-0.15, -0.1) is 0 Å². The number of nitriles is 1. The molecule has 1 aliphatic heterocycles. The predicted molar refractivity (Wildman–Crippen MR) is 121 cm³/mol. The van der Waals surface area contributed by atoms with Gasteiger partial charge in [0, 0.05) is 30.4 Å². The molecule has 0 saturated carbocycles. The van der Waals surface area contributed by atoms with E-state index in [0.717, 1.165) is 16.9 Å². The van der Waals surface area contributed by atoms with Crippen molar-refractivity contribution >= 4 is 17.4 Å². The number of rotatable bonds is 6. The summed E-state index contributed by atoms with van der Waals surface area (Å²) < 4.78 is 7.35. The second kappa shape index (κ2) is 8.26. The van der Waals surface area contributed by atoms with Crippen molar-refractivity contribution in [3.63, 3.8) is 0 Å². The number of fused-ring (bicyclic) bond motifs is 1. The maximum absolute atomic E-state index is 11.1. The van der Waals surface area contributed by atoms with Crippen LogP contribution < -0.4 is 15.0 Å². The zero-order valence-electron chi connectivity index (χ0n) is 18.7. The standard InChI is InChI=1S/C23H26N6O4/c1-22(2,32)14-33-17-8-18(20-16(9-24)11-26-29(20)12-17)15-4-5-19(25-10-15)28-7-6-23(3,13-28)27-21(30)31/h4-5,8,10-12,27,32H,6-7,13-14H2,1-3H3,(H,30,31). The molecule has 10 heteroatoms. The molecule has 172 valence electrons. The molecule has 10 nitrogen and oxygen atoms in total. The Bertz CT molecular complexity index is 1220. The van der Waals surface area contributed by atoms with Gasteiger partial charge < -0.3 is 25.2 Å². The van der Waals surface area contributed by atoms with E-state index >= 15 is 0 Å². The van der Waals surface area contributed by atoms with Crippen LogP contribution in [-0.4, -0.2) is 61.7 Å². The maximum atomic E-state index is 11.1. The normalized spacial score (nSPS) is 18.3. The summed E-state index contributed by atoms with van der Waals surface area (Å²) in [5.41, 5.74) is 1.06. The summed E-state index contributed by atoms with van der Waals surface area (Å²) in [6, 6.07) is 7.77. The van der Waals surface area contributed by atoms with Gasteiger partial charge in [-0.2, -0.15) is 10.4 Å². The first-order valence-electron chi connectivity index (χ1n) is 10.6. The fourth-order valence-corrected chi connectivity index (χ4v) is 3.99. The van der Waals surface area contributed by atoms with Gasteiger partial charge in [0.15, 0.2) is 0 Å². The lowest BCUT2D eigenvalue weighted by Crippen LogP contribution is -2.47. The van der Waals surface area contributed by atoms with Crippen molar-refractivity contribution in [1.29, 1.82) is 5.26 Å². The first kappa shape index (κ1) is 22.4. The lowest BCUT2D eigenvalue weighted by atomic mass is 10.0. The van der Waals surface area contributed by atoms with Gasteiger partial charge in [-0.3, -0.25) is 0 Å². The van der Waals surface area contributed by atoms with Crippen LogP contribution in [0.1, 0.15) is 32.8 Å². The molecule has 4 rings (SSSR count). The van der Waals surface area contributed by atoms with Gasteiger partial charge in [0.1, 0.15) is 24.2 Å². The smallest absolute Gasteiger partial charge is 0.405 e. The fraction of sp³-hybridized carbons (Fsp3) is 0.391. The average molecular weight is 450 g/mol. The maximum Gasteiger partial charge on any atom is 0.405 e. The molecular weight excluding hydrogens is 424 g/mol. The number of hydrogen-bond acceptors (Lipinski definition) is 7. The number of anilines is 1. The van der Waals surface area contributed by atoms with Crippen molar-refractivity contribution in [2.45, 2.75) is 38.3 Å². The monoisotopic (exact) mass is 450 g/mol. The molecule has 3 aromatic heterocycles. The van der Waals surface area contributed by atoms with Crippen molar-refractivity contribution in [3.05, 3.63) is 42.4 Å².